The van der Waals surface area contributed by atoms with Gasteiger partial charge in [0.25, 0.3) is 0 Å². The molecular formula is C29H59N2O+. The molecular weight excluding hydrogens is 392 g/mol. The summed E-state index contributed by atoms with van der Waals surface area (Å²) in [4.78, 5) is 11.9. The van der Waals surface area contributed by atoms with E-state index in [1.54, 1.807) is 0 Å². The van der Waals surface area contributed by atoms with Gasteiger partial charge < -0.3 is 9.80 Å². The van der Waals surface area contributed by atoms with E-state index in [9.17, 15) is 4.79 Å². The van der Waals surface area contributed by atoms with Gasteiger partial charge in [0.05, 0.1) is 27.2 Å². The van der Waals surface area contributed by atoms with Crippen LogP contribution in [0.15, 0.2) is 12.2 Å². The van der Waals surface area contributed by atoms with Crippen LogP contribution in [0.5, 0.6) is 0 Å². The monoisotopic (exact) mass is 451 g/mol. The summed E-state index contributed by atoms with van der Waals surface area (Å²) in [6, 6.07) is 0. The van der Waals surface area contributed by atoms with Gasteiger partial charge in [0, 0.05) is 19.4 Å². The number of hydrogen-bond donors (Lipinski definition) is 1. The molecule has 0 aliphatic carbocycles. The molecule has 0 rings (SSSR count). The Morgan fingerprint density at radius 1 is 0.656 bits per heavy atom. The summed E-state index contributed by atoms with van der Waals surface area (Å²) in [6.45, 7) is 7.60. The van der Waals surface area contributed by atoms with Crippen molar-refractivity contribution < 1.29 is 9.28 Å². The Morgan fingerprint density at radius 3 is 1.62 bits per heavy atom. The molecule has 0 heterocycles. The topological polar surface area (TPSA) is 29.1 Å². The highest BCUT2D eigenvalue weighted by atomic mass is 16.1. The van der Waals surface area contributed by atoms with E-state index in [2.05, 4.69) is 45.4 Å². The molecule has 0 aromatic heterocycles. The van der Waals surface area contributed by atoms with Gasteiger partial charge in [-0.05, 0) is 39.0 Å². The highest BCUT2D eigenvalue weighted by molar-refractivity contribution is 5.75. The van der Waals surface area contributed by atoms with Gasteiger partial charge in [-0.25, -0.2) is 0 Å². The summed E-state index contributed by atoms with van der Waals surface area (Å²) < 4.78 is 1.03. The third-order valence-corrected chi connectivity index (χ3v) is 6.78. The molecule has 0 atom stereocenters. The predicted molar refractivity (Wildman–Crippen MR) is 143 cm³/mol. The van der Waals surface area contributed by atoms with Crippen molar-refractivity contribution in [2.45, 2.75) is 136 Å². The van der Waals surface area contributed by atoms with Gasteiger partial charge in [0.1, 0.15) is 0 Å². The van der Waals surface area contributed by atoms with Crippen molar-refractivity contribution in [3.63, 3.8) is 0 Å². The second kappa shape index (κ2) is 23.3. The molecule has 0 aliphatic rings. The lowest BCUT2D eigenvalue weighted by molar-refractivity contribution is -0.888. The maximum atomic E-state index is 11.9. The normalized spacial score (nSPS) is 12.0. The van der Waals surface area contributed by atoms with E-state index in [1.807, 2.05) is 0 Å². The lowest BCUT2D eigenvalue weighted by Gasteiger charge is -2.28. The number of quaternary nitrogens is 1. The first-order chi connectivity index (χ1) is 15.5. The molecule has 1 N–H and O–H groups in total. The van der Waals surface area contributed by atoms with Crippen LogP contribution >= 0.6 is 0 Å². The van der Waals surface area contributed by atoms with Crippen molar-refractivity contribution in [1.82, 2.24) is 5.32 Å². The van der Waals surface area contributed by atoms with Crippen molar-refractivity contribution in [2.75, 3.05) is 33.7 Å². The van der Waals surface area contributed by atoms with E-state index < -0.39 is 0 Å². The highest BCUT2D eigenvalue weighted by Gasteiger charge is 2.10. The van der Waals surface area contributed by atoms with E-state index >= 15 is 0 Å². The van der Waals surface area contributed by atoms with E-state index in [0.717, 1.165) is 37.0 Å². The minimum atomic E-state index is 0.243. The molecule has 0 unspecified atom stereocenters. The zero-order chi connectivity index (χ0) is 23.8. The minimum Gasteiger partial charge on any atom is -0.356 e. The second-order valence-corrected chi connectivity index (χ2v) is 10.4. The minimum absolute atomic E-state index is 0.243. The molecule has 0 aliphatic heterocycles. The molecule has 32 heavy (non-hydrogen) atoms. The van der Waals surface area contributed by atoms with E-state index in [0.29, 0.717) is 6.42 Å². The average molecular weight is 452 g/mol. The molecule has 3 nitrogen and oxygen atoms in total. The van der Waals surface area contributed by atoms with Gasteiger partial charge >= 0.3 is 0 Å². The van der Waals surface area contributed by atoms with Crippen molar-refractivity contribution >= 4 is 5.91 Å². The second-order valence-electron chi connectivity index (χ2n) is 10.4. The molecule has 0 spiro atoms. The molecule has 0 fully saturated rings. The molecule has 0 saturated heterocycles. The fourth-order valence-electron chi connectivity index (χ4n) is 4.04. The molecule has 0 bridgehead atoms. The van der Waals surface area contributed by atoms with E-state index in [4.69, 9.17) is 0 Å². The van der Waals surface area contributed by atoms with Gasteiger partial charge in [0.2, 0.25) is 5.91 Å². The van der Waals surface area contributed by atoms with Gasteiger partial charge in [-0.1, -0.05) is 96.1 Å². The van der Waals surface area contributed by atoms with Crippen LogP contribution in [0, 0.1) is 0 Å². The number of carbonyl (C=O) groups is 1. The Kier molecular flexibility index (Phi) is 22.7. The summed E-state index contributed by atoms with van der Waals surface area (Å²) in [5, 5.41) is 3.08. The summed E-state index contributed by atoms with van der Waals surface area (Å²) in [7, 11) is 4.50. The SMILES string of the molecule is CCCCCCCC/C=C\CCCCCCCCCCCC(=O)NCCC[N+](C)(C)CC. The third kappa shape index (κ3) is 23.8. The Morgan fingerprint density at radius 2 is 1.12 bits per heavy atom. The summed E-state index contributed by atoms with van der Waals surface area (Å²) in [5.74, 6) is 0.243. The first kappa shape index (κ1) is 31.2. The van der Waals surface area contributed by atoms with Crippen LogP contribution in [0.3, 0.4) is 0 Å². The lowest BCUT2D eigenvalue weighted by atomic mass is 10.1. The smallest absolute Gasteiger partial charge is 0.219 e. The summed E-state index contributed by atoms with van der Waals surface area (Å²) in [5.41, 5.74) is 0. The largest absolute Gasteiger partial charge is 0.356 e. The first-order valence-electron chi connectivity index (χ1n) is 14.3. The van der Waals surface area contributed by atoms with Gasteiger partial charge in [-0.3, -0.25) is 4.79 Å². The van der Waals surface area contributed by atoms with Gasteiger partial charge in [0.15, 0.2) is 0 Å². The molecule has 190 valence electrons. The quantitative estimate of drug-likeness (QED) is 0.0894. The van der Waals surface area contributed by atoms with Crippen molar-refractivity contribution in [3.05, 3.63) is 12.2 Å². The Balaban J connectivity index is 3.24. The summed E-state index contributed by atoms with van der Waals surface area (Å²) >= 11 is 0. The standard InChI is InChI=1S/C29H58N2O/c1-5-7-8-9-10-11-12-13-14-15-16-17-18-19-20-21-22-23-24-26-29(32)30-27-25-28-31(3,4)6-2/h13-14H,5-12,15-28H2,1-4H3/p+1/b14-13-. The number of unbranched alkanes of at least 4 members (excludes halogenated alkanes) is 15. The zero-order valence-electron chi connectivity index (χ0n) is 22.6. The molecule has 0 radical (unpaired) electrons. The van der Waals surface area contributed by atoms with Crippen LogP contribution in [-0.4, -0.2) is 44.1 Å². The molecule has 0 aromatic carbocycles. The Labute approximate surface area is 202 Å². The van der Waals surface area contributed by atoms with Crippen LogP contribution in [0.25, 0.3) is 0 Å². The van der Waals surface area contributed by atoms with Gasteiger partial charge in [-0.2, -0.15) is 0 Å². The maximum Gasteiger partial charge on any atom is 0.219 e. The van der Waals surface area contributed by atoms with Crippen LogP contribution in [0.4, 0.5) is 0 Å². The van der Waals surface area contributed by atoms with E-state index in [-0.39, 0.29) is 5.91 Å². The van der Waals surface area contributed by atoms with Crippen molar-refractivity contribution in [2.24, 2.45) is 0 Å². The number of hydrogen-bond acceptors (Lipinski definition) is 1. The fraction of sp³-hybridized carbons (Fsp3) is 0.897. The number of allylic oxidation sites excluding steroid dienone is 2. The number of rotatable bonds is 24. The van der Waals surface area contributed by atoms with Crippen LogP contribution in [-0.2, 0) is 4.79 Å². The fourth-order valence-corrected chi connectivity index (χ4v) is 4.04. The van der Waals surface area contributed by atoms with Gasteiger partial charge in [-0.15, -0.1) is 0 Å². The first-order valence-corrected chi connectivity index (χ1v) is 14.3. The van der Waals surface area contributed by atoms with Crippen molar-refractivity contribution in [3.8, 4) is 0 Å². The molecule has 0 saturated carbocycles. The number of carbonyl (C=O) groups excluding carboxylic acids is 1. The van der Waals surface area contributed by atoms with E-state index in [1.165, 1.54) is 103 Å². The molecule has 3 heteroatoms. The summed E-state index contributed by atoms with van der Waals surface area (Å²) in [6.07, 6.45) is 29.3. The number of nitrogens with one attached hydrogen (secondary N) is 1. The number of amides is 1. The zero-order valence-corrected chi connectivity index (χ0v) is 22.6. The van der Waals surface area contributed by atoms with Crippen LogP contribution < -0.4 is 5.32 Å². The lowest BCUT2D eigenvalue weighted by Crippen LogP contribution is -2.41. The maximum absolute atomic E-state index is 11.9. The number of nitrogens with zero attached hydrogens (tertiary/aromatic N) is 1. The predicted octanol–water partition coefficient (Wildman–Crippen LogP) is 8.19. The van der Waals surface area contributed by atoms with Crippen molar-refractivity contribution in [1.29, 1.82) is 0 Å². The third-order valence-electron chi connectivity index (χ3n) is 6.78. The molecule has 0 aromatic rings. The van der Waals surface area contributed by atoms with Crippen LogP contribution in [0.1, 0.15) is 136 Å². The Bertz CT molecular complexity index is 431. The van der Waals surface area contributed by atoms with Crippen LogP contribution in [0.2, 0.25) is 0 Å². The average Bonchev–Trinajstić information content (AvgIpc) is 2.78. The molecule has 1 amide bonds. The highest BCUT2D eigenvalue weighted by Crippen LogP contribution is 2.12. The Hall–Kier alpha value is -0.830.